The number of hydrogen-bond donors (Lipinski definition) is 1. The van der Waals surface area contributed by atoms with Crippen LogP contribution in [0.25, 0.3) is 10.9 Å². The Morgan fingerprint density at radius 1 is 0.886 bits per heavy atom. The van der Waals surface area contributed by atoms with Crippen molar-refractivity contribution in [2.45, 2.75) is 22.2 Å². The van der Waals surface area contributed by atoms with Crippen LogP contribution in [0, 0.1) is 6.92 Å². The number of pyridine rings is 1. The molecule has 0 fully saturated rings. The lowest BCUT2D eigenvalue weighted by atomic mass is 9.84. The van der Waals surface area contributed by atoms with Crippen molar-refractivity contribution in [2.24, 2.45) is 0 Å². The third-order valence-corrected chi connectivity index (χ3v) is 8.74. The third kappa shape index (κ3) is 4.23. The van der Waals surface area contributed by atoms with E-state index < -0.39 is 15.6 Å². The number of fused-ring (bicyclic) bond motifs is 1. The minimum Gasteiger partial charge on any atom is -0.327 e. The third-order valence-electron chi connectivity index (χ3n) is 6.19. The normalized spacial score (nSPS) is 11.9. The molecule has 2 heterocycles. The van der Waals surface area contributed by atoms with Gasteiger partial charge in [-0.3, -0.25) is 4.79 Å². The first-order valence-electron chi connectivity index (χ1n) is 11.2. The molecule has 0 saturated heterocycles. The number of alkyl halides is 1. The predicted octanol–water partition coefficient (Wildman–Crippen LogP) is 5.99. The number of H-pyrrole nitrogens is 1. The lowest BCUT2D eigenvalue weighted by Gasteiger charge is -2.19. The van der Waals surface area contributed by atoms with Gasteiger partial charge in [0.2, 0.25) is 0 Å². The Morgan fingerprint density at radius 2 is 1.46 bits per heavy atom. The van der Waals surface area contributed by atoms with Crippen LogP contribution in [0.2, 0.25) is 0 Å². The first-order valence-corrected chi connectivity index (χ1v) is 14.1. The van der Waals surface area contributed by atoms with Crippen LogP contribution < -0.4 is 5.56 Å². The summed E-state index contributed by atoms with van der Waals surface area (Å²) >= 11 is 2.14. The van der Waals surface area contributed by atoms with Crippen LogP contribution in [0.1, 0.15) is 33.9 Å². The van der Waals surface area contributed by atoms with Gasteiger partial charge in [0.05, 0.1) is 4.90 Å². The van der Waals surface area contributed by atoms with Gasteiger partial charge in [0.15, 0.2) is 0 Å². The van der Waals surface area contributed by atoms with E-state index in [-0.39, 0.29) is 16.3 Å². The second kappa shape index (κ2) is 9.47. The van der Waals surface area contributed by atoms with E-state index >= 15 is 0 Å². The Balaban J connectivity index is 1.83. The average Bonchev–Trinajstić information content (AvgIpc) is 3.29. The van der Waals surface area contributed by atoms with Gasteiger partial charge < -0.3 is 4.98 Å². The fourth-order valence-electron chi connectivity index (χ4n) is 4.54. The monoisotopic (exact) mass is 594 g/mol. The zero-order valence-corrected chi connectivity index (χ0v) is 22.0. The van der Waals surface area contributed by atoms with Crippen LogP contribution in [0.5, 0.6) is 0 Å². The van der Waals surface area contributed by atoms with Gasteiger partial charge in [0.1, 0.15) is 5.52 Å². The lowest BCUT2D eigenvalue weighted by Crippen LogP contribution is -2.20. The van der Waals surface area contributed by atoms with Crippen molar-refractivity contribution in [3.63, 3.8) is 0 Å². The summed E-state index contributed by atoms with van der Waals surface area (Å²) in [7, 11) is -3.98. The molecule has 0 amide bonds. The Bertz CT molecular complexity index is 1620. The summed E-state index contributed by atoms with van der Waals surface area (Å²) in [5.74, 6) is -0.184. The molecule has 5 aromatic rings. The maximum absolute atomic E-state index is 13.8. The van der Waals surface area contributed by atoms with E-state index in [1.54, 1.807) is 30.5 Å². The highest BCUT2D eigenvalue weighted by Gasteiger charge is 2.28. The maximum atomic E-state index is 13.8. The average molecular weight is 594 g/mol. The van der Waals surface area contributed by atoms with Crippen molar-refractivity contribution in [3.05, 3.63) is 135 Å². The molecule has 0 atom stereocenters. The van der Waals surface area contributed by atoms with E-state index in [1.807, 2.05) is 73.7 Å². The second-order valence-electron chi connectivity index (χ2n) is 8.44. The number of nitrogens with one attached hydrogen (secondary N) is 1. The van der Waals surface area contributed by atoms with Gasteiger partial charge >= 0.3 is 0 Å². The smallest absolute Gasteiger partial charge is 0.273 e. The molecule has 5 rings (SSSR count). The molecular weight excluding hydrogens is 571 g/mol. The quantitative estimate of drug-likeness (QED) is 0.194. The number of aromatic amines is 1. The van der Waals surface area contributed by atoms with Gasteiger partial charge in [-0.1, -0.05) is 101 Å². The second-order valence-corrected chi connectivity index (χ2v) is 11.0. The lowest BCUT2D eigenvalue weighted by molar-refractivity contribution is 0.588. The van der Waals surface area contributed by atoms with Gasteiger partial charge in [-0.25, -0.2) is 12.4 Å². The topological polar surface area (TPSA) is 71.9 Å². The van der Waals surface area contributed by atoms with E-state index in [0.29, 0.717) is 15.5 Å². The summed E-state index contributed by atoms with van der Waals surface area (Å²) in [5, 5.41) is 0.633. The molecule has 0 unspecified atom stereocenters. The van der Waals surface area contributed by atoms with Crippen molar-refractivity contribution in [3.8, 4) is 0 Å². The number of rotatable bonds is 6. The van der Waals surface area contributed by atoms with Gasteiger partial charge in [0, 0.05) is 27.6 Å². The van der Waals surface area contributed by atoms with E-state index in [9.17, 15) is 13.2 Å². The van der Waals surface area contributed by atoms with Crippen LogP contribution in [0.4, 0.5) is 0 Å². The molecule has 3 aromatic carbocycles. The Labute approximate surface area is 217 Å². The van der Waals surface area contributed by atoms with Crippen molar-refractivity contribution in [2.75, 3.05) is 0 Å². The molecule has 0 aliphatic carbocycles. The van der Waals surface area contributed by atoms with Crippen LogP contribution >= 0.6 is 22.6 Å². The van der Waals surface area contributed by atoms with E-state index in [1.165, 1.54) is 3.97 Å². The minimum absolute atomic E-state index is 0.145. The van der Waals surface area contributed by atoms with Crippen molar-refractivity contribution >= 4 is 43.5 Å². The molecule has 0 aliphatic heterocycles. The van der Waals surface area contributed by atoms with Gasteiger partial charge in [0.25, 0.3) is 15.6 Å². The number of benzene rings is 3. The number of halogens is 1. The van der Waals surface area contributed by atoms with Crippen molar-refractivity contribution in [1.82, 2.24) is 8.96 Å². The molecule has 2 aromatic heterocycles. The molecule has 1 N–H and O–H groups in total. The summed E-state index contributed by atoms with van der Waals surface area (Å²) in [6.07, 6.45) is 1.72. The van der Waals surface area contributed by atoms with Crippen LogP contribution in [-0.4, -0.2) is 17.4 Å². The first-order chi connectivity index (χ1) is 16.9. The Morgan fingerprint density at radius 3 is 2.00 bits per heavy atom. The van der Waals surface area contributed by atoms with Crippen molar-refractivity contribution in [1.29, 1.82) is 0 Å². The number of aryl methyl sites for hydroxylation is 1. The number of nitrogens with zero attached hydrogens (tertiary/aromatic N) is 1. The summed E-state index contributed by atoms with van der Waals surface area (Å²) in [6.45, 7) is 1.90. The van der Waals surface area contributed by atoms with Gasteiger partial charge in [-0.15, -0.1) is 0 Å². The predicted molar refractivity (Wildman–Crippen MR) is 148 cm³/mol. The van der Waals surface area contributed by atoms with Crippen LogP contribution in [0.15, 0.2) is 107 Å². The van der Waals surface area contributed by atoms with E-state index in [4.69, 9.17) is 0 Å². The molecule has 0 aliphatic rings. The Kier molecular flexibility index (Phi) is 6.37. The van der Waals surface area contributed by atoms with Crippen molar-refractivity contribution < 1.29 is 8.42 Å². The molecule has 176 valence electrons. The minimum atomic E-state index is -3.98. The summed E-state index contributed by atoms with van der Waals surface area (Å²) in [4.78, 5) is 16.1. The summed E-state index contributed by atoms with van der Waals surface area (Å²) < 4.78 is 29.2. The van der Waals surface area contributed by atoms with E-state index in [0.717, 1.165) is 22.3 Å². The van der Waals surface area contributed by atoms with Crippen LogP contribution in [-0.2, 0) is 14.5 Å². The summed E-state index contributed by atoms with van der Waals surface area (Å²) in [6, 6.07) is 28.6. The molecule has 0 spiro atoms. The molecule has 35 heavy (non-hydrogen) atoms. The Hall–Kier alpha value is -3.17. The fourth-order valence-corrected chi connectivity index (χ4v) is 6.87. The number of aromatic nitrogens is 2. The zero-order chi connectivity index (χ0) is 24.6. The van der Waals surface area contributed by atoms with Gasteiger partial charge in [-0.05, 0) is 41.8 Å². The molecule has 7 heteroatoms. The highest BCUT2D eigenvalue weighted by Crippen LogP contribution is 2.37. The standard InChI is InChI=1S/C28H23IN2O3S/c1-19-12-14-23(15-13-19)35(33,34)31-22(17-29)16-24-25(18-30-28(32)27(24)31)26(20-8-4-2-5-9-20)21-10-6-3-7-11-21/h2-16,18,26H,17H2,1H3,(H,30,32). The zero-order valence-electron chi connectivity index (χ0n) is 19.0. The first kappa shape index (κ1) is 23.6. The molecule has 0 radical (unpaired) electrons. The fraction of sp³-hybridized carbons (Fsp3) is 0.107. The molecule has 0 saturated carbocycles. The van der Waals surface area contributed by atoms with E-state index in [2.05, 4.69) is 27.6 Å². The van der Waals surface area contributed by atoms with Gasteiger partial charge in [-0.2, -0.15) is 0 Å². The summed E-state index contributed by atoms with van der Waals surface area (Å²) in [5.41, 5.74) is 4.18. The number of hydrogen-bond acceptors (Lipinski definition) is 3. The molecular formula is C28H23IN2O3S. The van der Waals surface area contributed by atoms with Crippen LogP contribution in [0.3, 0.4) is 0 Å². The highest BCUT2D eigenvalue weighted by molar-refractivity contribution is 14.1. The largest absolute Gasteiger partial charge is 0.327 e. The SMILES string of the molecule is Cc1ccc(S(=O)(=O)n2c(CI)cc3c(C(c4ccccc4)c4ccccc4)c[nH]c(=O)c32)cc1. The highest BCUT2D eigenvalue weighted by atomic mass is 127. The molecule has 5 nitrogen and oxygen atoms in total. The maximum Gasteiger partial charge on any atom is 0.273 e. The molecule has 0 bridgehead atoms.